The minimum Gasteiger partial charge on any atom is -0.290 e. The van der Waals surface area contributed by atoms with Crippen LogP contribution in [0, 0.1) is 13.8 Å². The number of hydrogen-bond donors (Lipinski definition) is 0. The number of carbonyl (C=O) groups is 1. The van der Waals surface area contributed by atoms with Gasteiger partial charge < -0.3 is 0 Å². The maximum atomic E-state index is 12.5. The molecule has 154 valence electrons. The molecule has 0 fully saturated rings. The summed E-state index contributed by atoms with van der Waals surface area (Å²) < 4.78 is 1.57. The van der Waals surface area contributed by atoms with Crippen LogP contribution in [0.3, 0.4) is 0 Å². The summed E-state index contributed by atoms with van der Waals surface area (Å²) in [5.74, 6) is 0.478. The molecule has 0 bridgehead atoms. The summed E-state index contributed by atoms with van der Waals surface area (Å²) in [5.41, 5.74) is 3.92. The second-order valence-electron chi connectivity index (χ2n) is 6.93. The molecule has 0 aliphatic rings. The van der Waals surface area contributed by atoms with E-state index < -0.39 is 0 Å². The number of rotatable bonds is 5. The Morgan fingerprint density at radius 2 is 1.97 bits per heavy atom. The van der Waals surface area contributed by atoms with E-state index in [1.54, 1.807) is 29.5 Å². The predicted octanol–water partition coefficient (Wildman–Crippen LogP) is 5.05. The molecule has 30 heavy (non-hydrogen) atoms. The van der Waals surface area contributed by atoms with E-state index in [0.717, 1.165) is 21.8 Å². The molecule has 0 spiro atoms. The highest BCUT2D eigenvalue weighted by Crippen LogP contribution is 2.32. The highest BCUT2D eigenvalue weighted by Gasteiger charge is 2.19. The number of thioether (sulfide) groups is 1. The zero-order valence-electron chi connectivity index (χ0n) is 17.0. The van der Waals surface area contributed by atoms with Crippen LogP contribution < -0.4 is 10.5 Å². The molecule has 0 radical (unpaired) electrons. The third kappa shape index (κ3) is 3.92. The van der Waals surface area contributed by atoms with Crippen molar-refractivity contribution in [3.8, 4) is 0 Å². The average molecular weight is 457 g/mol. The Kier molecular flexibility index (Phi) is 5.77. The molecule has 1 aromatic carbocycles. The first-order chi connectivity index (χ1) is 14.3. The lowest BCUT2D eigenvalue weighted by Gasteiger charge is -2.19. The largest absolute Gasteiger partial charge is 0.290 e. The number of carbonyl (C=O) groups excluding carboxylic acids is 1. The summed E-state index contributed by atoms with van der Waals surface area (Å²) in [5, 5.41) is 5.76. The van der Waals surface area contributed by atoms with Gasteiger partial charge >= 0.3 is 0 Å². The number of fused-ring (bicyclic) bond motifs is 1. The van der Waals surface area contributed by atoms with Crippen molar-refractivity contribution in [2.75, 3.05) is 4.90 Å². The maximum absolute atomic E-state index is 12.5. The van der Waals surface area contributed by atoms with E-state index in [1.165, 1.54) is 40.0 Å². The summed E-state index contributed by atoms with van der Waals surface area (Å²) in [6.45, 7) is 5.62. The van der Waals surface area contributed by atoms with Crippen molar-refractivity contribution in [1.82, 2.24) is 14.5 Å². The van der Waals surface area contributed by atoms with Gasteiger partial charge in [-0.25, -0.2) is 9.97 Å². The monoisotopic (exact) mass is 456 g/mol. The second-order valence-corrected chi connectivity index (χ2v) is 9.60. The van der Waals surface area contributed by atoms with Crippen LogP contribution in [-0.4, -0.2) is 20.4 Å². The first-order valence-electron chi connectivity index (χ1n) is 9.24. The van der Waals surface area contributed by atoms with Gasteiger partial charge in [0.05, 0.1) is 16.8 Å². The van der Waals surface area contributed by atoms with E-state index >= 15 is 0 Å². The summed E-state index contributed by atoms with van der Waals surface area (Å²) >= 11 is 4.36. The zero-order valence-corrected chi connectivity index (χ0v) is 19.5. The number of aromatic nitrogens is 3. The van der Waals surface area contributed by atoms with E-state index in [2.05, 4.69) is 9.97 Å². The van der Waals surface area contributed by atoms with Crippen LogP contribution in [0.15, 0.2) is 45.0 Å². The van der Waals surface area contributed by atoms with Crippen LogP contribution in [0.4, 0.5) is 10.8 Å². The number of aryl methyl sites for hydroxylation is 2. The van der Waals surface area contributed by atoms with Crippen LogP contribution in [-0.2, 0) is 17.6 Å². The molecule has 0 unspecified atom stereocenters. The number of hydrogen-bond acceptors (Lipinski definition) is 7. The molecule has 3 heterocycles. The SMILES string of the molecule is CC(=O)N(c1ccc(C)c(C)c1)c1nc(CSc2nc3sccc3c(=O)n2C)cs1. The van der Waals surface area contributed by atoms with Crippen LogP contribution >= 0.6 is 34.4 Å². The summed E-state index contributed by atoms with van der Waals surface area (Å²) in [6, 6.07) is 7.76. The lowest BCUT2D eigenvalue weighted by molar-refractivity contribution is -0.115. The highest BCUT2D eigenvalue weighted by molar-refractivity contribution is 7.98. The second kappa shape index (κ2) is 8.33. The molecule has 0 aliphatic heterocycles. The molecule has 0 saturated heterocycles. The Hall–Kier alpha value is -2.49. The molecule has 6 nitrogen and oxygen atoms in total. The highest BCUT2D eigenvalue weighted by atomic mass is 32.2. The lowest BCUT2D eigenvalue weighted by Crippen LogP contribution is -2.22. The van der Waals surface area contributed by atoms with Crippen molar-refractivity contribution >= 4 is 61.4 Å². The number of amides is 1. The number of thiazole rings is 1. The van der Waals surface area contributed by atoms with Gasteiger partial charge in [-0.05, 0) is 48.6 Å². The van der Waals surface area contributed by atoms with E-state index in [4.69, 9.17) is 0 Å². The van der Waals surface area contributed by atoms with Crippen molar-refractivity contribution in [3.63, 3.8) is 0 Å². The van der Waals surface area contributed by atoms with Crippen LogP contribution in [0.2, 0.25) is 0 Å². The van der Waals surface area contributed by atoms with Crippen molar-refractivity contribution in [1.29, 1.82) is 0 Å². The van der Waals surface area contributed by atoms with Gasteiger partial charge in [0.1, 0.15) is 4.83 Å². The summed E-state index contributed by atoms with van der Waals surface area (Å²) in [4.78, 5) is 36.5. The summed E-state index contributed by atoms with van der Waals surface area (Å²) in [7, 11) is 1.73. The predicted molar refractivity (Wildman–Crippen MR) is 125 cm³/mol. The van der Waals surface area contributed by atoms with Gasteiger partial charge in [0, 0.05) is 25.1 Å². The van der Waals surface area contributed by atoms with Crippen molar-refractivity contribution in [3.05, 3.63) is 62.2 Å². The zero-order chi connectivity index (χ0) is 21.4. The van der Waals surface area contributed by atoms with Crippen LogP contribution in [0.1, 0.15) is 23.7 Å². The van der Waals surface area contributed by atoms with E-state index in [9.17, 15) is 9.59 Å². The van der Waals surface area contributed by atoms with Gasteiger partial charge in [0.15, 0.2) is 10.3 Å². The standard InChI is InChI=1S/C21H20N4O2S3/c1-12-5-6-16(9-13(12)2)25(14(3)26)21-22-15(11-30-21)10-29-20-23-18-17(7-8-28-18)19(27)24(20)4/h5-9,11H,10H2,1-4H3. The van der Waals surface area contributed by atoms with Gasteiger partial charge in [-0.2, -0.15) is 0 Å². The van der Waals surface area contributed by atoms with Crippen LogP contribution in [0.25, 0.3) is 10.2 Å². The Labute approximate surface area is 186 Å². The normalized spacial score (nSPS) is 11.2. The van der Waals surface area contributed by atoms with Gasteiger partial charge in [-0.15, -0.1) is 22.7 Å². The third-order valence-corrected chi connectivity index (χ3v) is 7.55. The van der Waals surface area contributed by atoms with Gasteiger partial charge in [-0.3, -0.25) is 19.1 Å². The molecule has 9 heteroatoms. The van der Waals surface area contributed by atoms with Crippen molar-refractivity contribution < 1.29 is 4.79 Å². The minimum atomic E-state index is -0.0842. The Bertz CT molecular complexity index is 1310. The van der Waals surface area contributed by atoms with Crippen LogP contribution in [0.5, 0.6) is 0 Å². The lowest BCUT2D eigenvalue weighted by atomic mass is 10.1. The smallest absolute Gasteiger partial charge is 0.262 e. The van der Waals surface area contributed by atoms with Gasteiger partial charge in [-0.1, -0.05) is 17.8 Å². The third-order valence-electron chi connectivity index (χ3n) is 4.81. The van der Waals surface area contributed by atoms with E-state index in [1.807, 2.05) is 42.8 Å². The minimum absolute atomic E-state index is 0.0415. The fourth-order valence-corrected chi connectivity index (χ4v) is 5.67. The maximum Gasteiger partial charge on any atom is 0.262 e. The van der Waals surface area contributed by atoms with Gasteiger partial charge in [0.2, 0.25) is 5.91 Å². The molecule has 0 aliphatic carbocycles. The molecule has 0 N–H and O–H groups in total. The average Bonchev–Trinajstić information content (AvgIpc) is 3.36. The number of anilines is 2. The quantitative estimate of drug-likeness (QED) is 0.311. The van der Waals surface area contributed by atoms with Crippen molar-refractivity contribution in [2.45, 2.75) is 31.7 Å². The van der Waals surface area contributed by atoms with Gasteiger partial charge in [0.25, 0.3) is 5.56 Å². The molecular weight excluding hydrogens is 436 g/mol. The Balaban J connectivity index is 1.57. The first kappa shape index (κ1) is 20.8. The molecule has 1 amide bonds. The number of thiophene rings is 1. The fourth-order valence-electron chi connectivity index (χ4n) is 3.00. The Morgan fingerprint density at radius 3 is 2.70 bits per heavy atom. The molecule has 4 aromatic rings. The summed E-state index contributed by atoms with van der Waals surface area (Å²) in [6.07, 6.45) is 0. The molecule has 0 atom stereocenters. The molecule has 4 rings (SSSR count). The molecule has 0 saturated carbocycles. The Morgan fingerprint density at radius 1 is 1.17 bits per heavy atom. The molecule has 3 aromatic heterocycles. The number of nitrogens with zero attached hydrogens (tertiary/aromatic N) is 4. The topological polar surface area (TPSA) is 68.1 Å². The van der Waals surface area contributed by atoms with E-state index in [0.29, 0.717) is 21.4 Å². The van der Waals surface area contributed by atoms with Crippen molar-refractivity contribution in [2.24, 2.45) is 7.05 Å². The fraction of sp³-hybridized carbons (Fsp3) is 0.238. The van der Waals surface area contributed by atoms with E-state index in [-0.39, 0.29) is 11.5 Å². The molecular formula is C21H20N4O2S3. The number of benzene rings is 1. The first-order valence-corrected chi connectivity index (χ1v) is 12.0.